The van der Waals surface area contributed by atoms with Crippen LogP contribution < -0.4 is 0 Å². The van der Waals surface area contributed by atoms with Gasteiger partial charge in [-0.3, -0.25) is 0 Å². The molecule has 0 aliphatic heterocycles. The minimum Gasteiger partial charge on any atom is -0.456 e. The molecule has 0 saturated heterocycles. The summed E-state index contributed by atoms with van der Waals surface area (Å²) in [5, 5.41) is 29.1. The van der Waals surface area contributed by atoms with Gasteiger partial charge in [0.2, 0.25) is 0 Å². The van der Waals surface area contributed by atoms with Gasteiger partial charge in [-0.2, -0.15) is 0 Å². The Balaban J connectivity index is 0.000000107. The van der Waals surface area contributed by atoms with E-state index in [2.05, 4.69) is 534 Å². The Morgan fingerprint density at radius 3 is 0.782 bits per heavy atom. The molecule has 147 heavy (non-hydrogen) atoms. The highest BCUT2D eigenvalue weighted by Crippen LogP contribution is 2.55. The van der Waals surface area contributed by atoms with E-state index in [0.29, 0.717) is 0 Å². The number of hydrogen-bond donors (Lipinski definition) is 0. The lowest BCUT2D eigenvalue weighted by molar-refractivity contribution is 0.669. The van der Waals surface area contributed by atoms with Gasteiger partial charge in [0.05, 0.1) is 0 Å². The Bertz CT molecular complexity index is 10300. The molecule has 3 nitrogen and oxygen atoms in total. The number of benzene rings is 27. The normalized spacial score (nSPS) is 11.7. The predicted molar refractivity (Wildman–Crippen MR) is 624 cm³/mol. The lowest BCUT2D eigenvalue weighted by atomic mass is 9.82. The summed E-state index contributed by atoms with van der Waals surface area (Å²) in [7, 11) is 0. The molecule has 30 rings (SSSR count). The smallest absolute Gasteiger partial charge is 0.143 e. The molecule has 0 bridgehead atoms. The summed E-state index contributed by atoms with van der Waals surface area (Å²) in [5.41, 5.74) is 34.4. The van der Waals surface area contributed by atoms with Crippen molar-refractivity contribution >= 4 is 163 Å². The first-order chi connectivity index (χ1) is 72.9. The van der Waals surface area contributed by atoms with Crippen LogP contribution in [0.25, 0.3) is 296 Å². The second kappa shape index (κ2) is 36.0. The summed E-state index contributed by atoms with van der Waals surface area (Å²) < 4.78 is 19.6. The largest absolute Gasteiger partial charge is 0.456 e. The van der Waals surface area contributed by atoms with Crippen LogP contribution in [0.15, 0.2) is 559 Å². The van der Waals surface area contributed by atoms with Crippen molar-refractivity contribution in [3.63, 3.8) is 0 Å². The molecule has 0 amide bonds. The molecule has 0 unspecified atom stereocenters. The van der Waals surface area contributed by atoms with E-state index in [-0.39, 0.29) is 0 Å². The molecule has 0 saturated carbocycles. The van der Waals surface area contributed by atoms with Crippen molar-refractivity contribution in [3.05, 3.63) is 546 Å². The van der Waals surface area contributed by atoms with E-state index in [1.54, 1.807) is 0 Å². The van der Waals surface area contributed by atoms with Gasteiger partial charge in [0.25, 0.3) is 0 Å². The highest BCUT2D eigenvalue weighted by atomic mass is 16.3. The highest BCUT2D eigenvalue weighted by molar-refractivity contribution is 6.29. The van der Waals surface area contributed by atoms with Gasteiger partial charge >= 0.3 is 0 Å². The maximum atomic E-state index is 6.56. The van der Waals surface area contributed by atoms with Crippen LogP contribution in [-0.2, 0) is 0 Å². The van der Waals surface area contributed by atoms with Crippen LogP contribution >= 0.6 is 0 Å². The van der Waals surface area contributed by atoms with Crippen molar-refractivity contribution in [2.45, 2.75) is 0 Å². The fourth-order valence-corrected chi connectivity index (χ4v) is 23.5. The quantitative estimate of drug-likeness (QED) is 0.114. The SMILES string of the molecule is c1ccc(-c2cc(-c3c4ccccc4c(-c4ccccc4-c4ccc5ccccc5c4)c4ccccc34)cc3c2oc2ccccc23)cc1.c1ccc(-c2cc3oc4ccccc4c3cc2-c2c3ccccc3c(-c3ccccc3-c3ccc4ccccc4c3)c3ccccc23)cc1.c1ccc(-c2cccc3c2oc2ccc(-c4c5ccccc5c(-c5ccccc5-c5ccc6ccccc6c5)c5ccccc45)cc23)cc1. The molecule has 0 radical (unpaired) electrons. The van der Waals surface area contributed by atoms with Crippen molar-refractivity contribution in [1.82, 2.24) is 0 Å². The van der Waals surface area contributed by atoms with Crippen molar-refractivity contribution in [1.29, 1.82) is 0 Å². The molecule has 0 N–H and O–H groups in total. The lowest BCUT2D eigenvalue weighted by Gasteiger charge is -2.21. The first-order valence-corrected chi connectivity index (χ1v) is 50.5. The van der Waals surface area contributed by atoms with Gasteiger partial charge in [-0.05, 0) is 286 Å². The van der Waals surface area contributed by atoms with Crippen LogP contribution in [0.5, 0.6) is 0 Å². The third kappa shape index (κ3) is 14.8. The molecular weight excluding hydrogens is 1780 g/mol. The van der Waals surface area contributed by atoms with E-state index in [1.165, 1.54) is 203 Å². The monoisotopic (exact) mass is 1870 g/mol. The van der Waals surface area contributed by atoms with Crippen LogP contribution in [0, 0.1) is 0 Å². The zero-order valence-electron chi connectivity index (χ0n) is 80.2. The number of rotatable bonds is 12. The summed E-state index contributed by atoms with van der Waals surface area (Å²) in [4.78, 5) is 0. The van der Waals surface area contributed by atoms with Gasteiger partial charge < -0.3 is 13.3 Å². The summed E-state index contributed by atoms with van der Waals surface area (Å²) in [6, 6.07) is 197. The van der Waals surface area contributed by atoms with Crippen LogP contribution in [0.2, 0.25) is 0 Å². The molecular formula is C144H90O3. The van der Waals surface area contributed by atoms with E-state index in [0.717, 1.165) is 93.6 Å². The Morgan fingerprint density at radius 2 is 0.367 bits per heavy atom. The number of hydrogen-bond acceptors (Lipinski definition) is 3. The maximum Gasteiger partial charge on any atom is 0.143 e. The van der Waals surface area contributed by atoms with Crippen molar-refractivity contribution in [3.8, 4) is 134 Å². The fraction of sp³-hybridized carbons (Fsp3) is 0. The number of fused-ring (bicyclic) bond motifs is 18. The van der Waals surface area contributed by atoms with Gasteiger partial charge in [-0.15, -0.1) is 0 Å². The lowest BCUT2D eigenvalue weighted by Crippen LogP contribution is -1.94. The maximum absolute atomic E-state index is 6.56. The third-order valence-electron chi connectivity index (χ3n) is 30.2. The van der Waals surface area contributed by atoms with Crippen molar-refractivity contribution in [2.75, 3.05) is 0 Å². The van der Waals surface area contributed by atoms with Crippen LogP contribution in [0.3, 0.4) is 0 Å². The Kier molecular flexibility index (Phi) is 21.0. The number of furan rings is 3. The summed E-state index contributed by atoms with van der Waals surface area (Å²) in [6.07, 6.45) is 0. The molecule has 684 valence electrons. The molecule has 0 spiro atoms. The van der Waals surface area contributed by atoms with Gasteiger partial charge in [0.15, 0.2) is 0 Å². The Hall–Kier alpha value is -19.3. The van der Waals surface area contributed by atoms with Crippen LogP contribution in [0.1, 0.15) is 0 Å². The summed E-state index contributed by atoms with van der Waals surface area (Å²) >= 11 is 0. The Labute approximate surface area is 849 Å². The molecule has 0 atom stereocenters. The Morgan fingerprint density at radius 1 is 0.0952 bits per heavy atom. The van der Waals surface area contributed by atoms with E-state index >= 15 is 0 Å². The molecule has 3 heteroatoms. The zero-order chi connectivity index (χ0) is 96.9. The average molecular weight is 1870 g/mol. The predicted octanol–water partition coefficient (Wildman–Crippen LogP) is 41.1. The van der Waals surface area contributed by atoms with Gasteiger partial charge in [0, 0.05) is 43.4 Å². The number of para-hydroxylation sites is 3. The van der Waals surface area contributed by atoms with E-state index in [9.17, 15) is 0 Å². The van der Waals surface area contributed by atoms with Gasteiger partial charge in [-0.1, -0.05) is 479 Å². The van der Waals surface area contributed by atoms with Crippen LogP contribution in [-0.4, -0.2) is 0 Å². The second-order valence-corrected chi connectivity index (χ2v) is 38.4. The fourth-order valence-electron chi connectivity index (χ4n) is 23.5. The standard InChI is InChI=1S/3C48H30O/c1-2-15-32(16-3-1)43-29-35(30-44-37-19-12-13-25-45(37)49-48(43)44)46-39-21-8-10-23-41(39)47(42-24-11-9-22-40(42)46)38-20-7-6-18-36(38)34-27-26-31-14-4-5-17-33(31)28-34;1-2-15-32(16-3-1)42-30-46-43(36-19-12-13-25-45(36)49-46)29-44(42)48-40-23-10-8-21-38(40)47(39-22-9-11-24-41(39)48)37-20-7-6-18-35(37)34-27-26-31-14-4-5-17-33(31)28-34;1-2-14-32(15-3-1)37-23-12-24-43-44-30-35(27-28-45(44)49-48(37)43)46-39-19-8-10-21-41(39)47(42-22-11-9-20-40(42)46)38-18-7-6-17-36(38)34-26-25-31-13-4-5-16-33(31)29-34/h3*1-30H. The second-order valence-electron chi connectivity index (χ2n) is 38.4. The van der Waals surface area contributed by atoms with E-state index < -0.39 is 0 Å². The average Bonchev–Trinajstić information content (AvgIpc) is 1.61. The third-order valence-corrected chi connectivity index (χ3v) is 30.2. The van der Waals surface area contributed by atoms with Crippen molar-refractivity contribution in [2.24, 2.45) is 0 Å². The molecule has 3 heterocycles. The zero-order valence-corrected chi connectivity index (χ0v) is 80.2. The summed E-state index contributed by atoms with van der Waals surface area (Å²) in [6.45, 7) is 0. The first-order valence-electron chi connectivity index (χ1n) is 50.5. The molecule has 30 aromatic rings. The van der Waals surface area contributed by atoms with Crippen LogP contribution in [0.4, 0.5) is 0 Å². The first kappa shape index (κ1) is 85.6. The van der Waals surface area contributed by atoms with Crippen molar-refractivity contribution < 1.29 is 13.3 Å². The highest BCUT2D eigenvalue weighted by Gasteiger charge is 2.28. The molecule has 27 aromatic carbocycles. The minimum atomic E-state index is 0.900. The van der Waals surface area contributed by atoms with Gasteiger partial charge in [-0.25, -0.2) is 0 Å². The topological polar surface area (TPSA) is 39.4 Å². The molecule has 0 aliphatic carbocycles. The van der Waals surface area contributed by atoms with E-state index in [1.807, 2.05) is 12.1 Å². The molecule has 3 aromatic heterocycles. The molecule has 0 aliphatic rings. The molecule has 0 fully saturated rings. The summed E-state index contributed by atoms with van der Waals surface area (Å²) in [5.74, 6) is 0. The minimum absolute atomic E-state index is 0.900. The van der Waals surface area contributed by atoms with Gasteiger partial charge in [0.1, 0.15) is 33.5 Å². The van der Waals surface area contributed by atoms with E-state index in [4.69, 9.17) is 13.3 Å².